The number of benzene rings is 1. The van der Waals surface area contributed by atoms with E-state index in [1.54, 1.807) is 17.5 Å². The Bertz CT molecular complexity index is 928. The van der Waals surface area contributed by atoms with E-state index in [0.29, 0.717) is 13.1 Å². The molecule has 6 nitrogen and oxygen atoms in total. The third-order valence-corrected chi connectivity index (χ3v) is 6.22. The minimum absolute atomic E-state index is 0.0188. The summed E-state index contributed by atoms with van der Waals surface area (Å²) in [5.41, 5.74) is 2.73. The Hall–Kier alpha value is -2.48. The SMILES string of the molecule is Cc1ccccc1CN1CCN(CC(=O)Nc2ccnn2Cc2cccs2)CC1. The summed E-state index contributed by atoms with van der Waals surface area (Å²) in [7, 11) is 0. The van der Waals surface area contributed by atoms with Gasteiger partial charge in [0, 0.05) is 43.7 Å². The highest BCUT2D eigenvalue weighted by Gasteiger charge is 2.20. The topological polar surface area (TPSA) is 53.4 Å². The highest BCUT2D eigenvalue weighted by atomic mass is 32.1. The zero-order valence-electron chi connectivity index (χ0n) is 16.8. The highest BCUT2D eigenvalue weighted by molar-refractivity contribution is 7.09. The second kappa shape index (κ2) is 9.35. The third kappa shape index (κ3) is 5.32. The number of thiophene rings is 1. The first-order valence-electron chi connectivity index (χ1n) is 10.0. The molecule has 1 aliphatic heterocycles. The van der Waals surface area contributed by atoms with E-state index in [0.717, 1.165) is 38.5 Å². The molecule has 1 aromatic carbocycles. The minimum Gasteiger partial charge on any atom is -0.310 e. The molecule has 0 spiro atoms. The fourth-order valence-electron chi connectivity index (χ4n) is 3.63. The monoisotopic (exact) mass is 409 g/mol. The van der Waals surface area contributed by atoms with Crippen LogP contribution in [-0.2, 0) is 17.9 Å². The Morgan fingerprint density at radius 2 is 1.83 bits per heavy atom. The van der Waals surface area contributed by atoms with Crippen LogP contribution in [0.5, 0.6) is 0 Å². The van der Waals surface area contributed by atoms with E-state index in [2.05, 4.69) is 62.9 Å². The molecule has 29 heavy (non-hydrogen) atoms. The van der Waals surface area contributed by atoms with E-state index >= 15 is 0 Å². The van der Waals surface area contributed by atoms with Crippen LogP contribution < -0.4 is 5.32 Å². The van der Waals surface area contributed by atoms with Crippen molar-refractivity contribution in [2.75, 3.05) is 38.0 Å². The summed E-state index contributed by atoms with van der Waals surface area (Å²) in [5.74, 6) is 0.770. The van der Waals surface area contributed by atoms with Gasteiger partial charge in [0.05, 0.1) is 19.3 Å². The molecule has 0 saturated carbocycles. The summed E-state index contributed by atoms with van der Waals surface area (Å²) in [6.45, 7) is 8.03. The highest BCUT2D eigenvalue weighted by Crippen LogP contribution is 2.15. The molecule has 3 aromatic rings. The molecule has 0 radical (unpaired) electrons. The van der Waals surface area contributed by atoms with Crippen molar-refractivity contribution in [1.82, 2.24) is 19.6 Å². The van der Waals surface area contributed by atoms with Crippen LogP contribution in [0.4, 0.5) is 5.82 Å². The molecule has 0 atom stereocenters. The van der Waals surface area contributed by atoms with Crippen LogP contribution in [0.25, 0.3) is 0 Å². The Labute approximate surface area is 175 Å². The van der Waals surface area contributed by atoms with Crippen molar-refractivity contribution in [3.63, 3.8) is 0 Å². The summed E-state index contributed by atoms with van der Waals surface area (Å²) in [6, 6.07) is 14.5. The Balaban J connectivity index is 1.24. The van der Waals surface area contributed by atoms with Gasteiger partial charge in [0.25, 0.3) is 0 Å². The van der Waals surface area contributed by atoms with E-state index in [-0.39, 0.29) is 5.91 Å². The van der Waals surface area contributed by atoms with Gasteiger partial charge in [-0.2, -0.15) is 5.10 Å². The molecule has 0 bridgehead atoms. The van der Waals surface area contributed by atoms with Gasteiger partial charge in [0.15, 0.2) is 0 Å². The number of aryl methyl sites for hydroxylation is 1. The maximum atomic E-state index is 12.5. The van der Waals surface area contributed by atoms with Crippen LogP contribution in [0, 0.1) is 6.92 Å². The number of amides is 1. The molecule has 4 rings (SSSR count). The lowest BCUT2D eigenvalue weighted by atomic mass is 10.1. The van der Waals surface area contributed by atoms with E-state index in [4.69, 9.17) is 0 Å². The molecular weight excluding hydrogens is 382 g/mol. The van der Waals surface area contributed by atoms with Gasteiger partial charge in [0.1, 0.15) is 5.82 Å². The fraction of sp³-hybridized carbons (Fsp3) is 0.364. The van der Waals surface area contributed by atoms with E-state index in [1.807, 2.05) is 16.8 Å². The summed E-state index contributed by atoms with van der Waals surface area (Å²) in [5, 5.41) is 9.41. The first-order valence-corrected chi connectivity index (χ1v) is 10.9. The van der Waals surface area contributed by atoms with Gasteiger partial charge in [-0.1, -0.05) is 30.3 Å². The lowest BCUT2D eigenvalue weighted by Gasteiger charge is -2.34. The van der Waals surface area contributed by atoms with E-state index in [1.165, 1.54) is 16.0 Å². The molecule has 1 fully saturated rings. The maximum absolute atomic E-state index is 12.5. The molecule has 7 heteroatoms. The van der Waals surface area contributed by atoms with Gasteiger partial charge >= 0.3 is 0 Å². The fourth-order valence-corrected chi connectivity index (χ4v) is 4.32. The van der Waals surface area contributed by atoms with E-state index < -0.39 is 0 Å². The number of aromatic nitrogens is 2. The average molecular weight is 410 g/mol. The van der Waals surface area contributed by atoms with Crippen LogP contribution in [0.3, 0.4) is 0 Å². The van der Waals surface area contributed by atoms with E-state index in [9.17, 15) is 4.79 Å². The summed E-state index contributed by atoms with van der Waals surface area (Å²) < 4.78 is 1.84. The quantitative estimate of drug-likeness (QED) is 0.652. The van der Waals surface area contributed by atoms with Crippen LogP contribution >= 0.6 is 11.3 Å². The lowest BCUT2D eigenvalue weighted by molar-refractivity contribution is -0.117. The predicted molar refractivity (Wildman–Crippen MR) is 117 cm³/mol. The number of piperazine rings is 1. The first kappa shape index (κ1) is 19.8. The Morgan fingerprint density at radius 3 is 2.59 bits per heavy atom. The second-order valence-corrected chi connectivity index (χ2v) is 8.51. The molecule has 3 heterocycles. The van der Waals surface area contributed by atoms with Crippen LogP contribution in [0.1, 0.15) is 16.0 Å². The minimum atomic E-state index is 0.0188. The molecule has 2 aromatic heterocycles. The van der Waals surface area contributed by atoms with Gasteiger partial charge in [-0.05, 0) is 29.5 Å². The molecular formula is C22H27N5OS. The van der Waals surface area contributed by atoms with Crippen molar-refractivity contribution in [2.45, 2.75) is 20.0 Å². The van der Waals surface area contributed by atoms with Crippen molar-refractivity contribution in [3.8, 4) is 0 Å². The Kier molecular flexibility index (Phi) is 6.39. The van der Waals surface area contributed by atoms with Crippen LogP contribution in [0.15, 0.2) is 54.0 Å². The summed E-state index contributed by atoms with van der Waals surface area (Å²) >= 11 is 1.69. The summed E-state index contributed by atoms with van der Waals surface area (Å²) in [4.78, 5) is 18.5. The number of carbonyl (C=O) groups is 1. The molecule has 0 unspecified atom stereocenters. The van der Waals surface area contributed by atoms with Gasteiger partial charge in [-0.15, -0.1) is 11.3 Å². The van der Waals surface area contributed by atoms with Crippen molar-refractivity contribution in [3.05, 3.63) is 70.0 Å². The van der Waals surface area contributed by atoms with Gasteiger partial charge < -0.3 is 5.32 Å². The number of nitrogens with zero attached hydrogens (tertiary/aromatic N) is 4. The van der Waals surface area contributed by atoms with Crippen LogP contribution in [0.2, 0.25) is 0 Å². The zero-order chi connectivity index (χ0) is 20.1. The lowest BCUT2D eigenvalue weighted by Crippen LogP contribution is -2.48. The number of hydrogen-bond acceptors (Lipinski definition) is 5. The van der Waals surface area contributed by atoms with Gasteiger partial charge in [-0.3, -0.25) is 14.6 Å². The van der Waals surface area contributed by atoms with Gasteiger partial charge in [0.2, 0.25) is 5.91 Å². The van der Waals surface area contributed by atoms with Crippen molar-refractivity contribution >= 4 is 23.1 Å². The molecule has 1 amide bonds. The van der Waals surface area contributed by atoms with Crippen molar-refractivity contribution < 1.29 is 4.79 Å². The number of anilines is 1. The number of carbonyl (C=O) groups excluding carboxylic acids is 1. The second-order valence-electron chi connectivity index (χ2n) is 7.48. The number of rotatable bonds is 7. The van der Waals surface area contributed by atoms with Crippen molar-refractivity contribution in [1.29, 1.82) is 0 Å². The molecule has 1 aliphatic rings. The van der Waals surface area contributed by atoms with Gasteiger partial charge in [-0.25, -0.2) is 4.68 Å². The summed E-state index contributed by atoms with van der Waals surface area (Å²) in [6.07, 6.45) is 1.73. The largest absolute Gasteiger partial charge is 0.310 e. The molecule has 0 aliphatic carbocycles. The number of nitrogens with one attached hydrogen (secondary N) is 1. The smallest absolute Gasteiger partial charge is 0.239 e. The molecule has 152 valence electrons. The van der Waals surface area contributed by atoms with Crippen molar-refractivity contribution in [2.24, 2.45) is 0 Å². The molecule has 1 saturated heterocycles. The molecule has 1 N–H and O–H groups in total. The van der Waals surface area contributed by atoms with Crippen LogP contribution in [-0.4, -0.2) is 58.2 Å². The average Bonchev–Trinajstić information content (AvgIpc) is 3.38. The first-order chi connectivity index (χ1) is 14.2. The standard InChI is InChI=1S/C22H27N5OS/c1-18-5-2-3-6-19(18)15-25-10-12-26(13-11-25)17-22(28)24-21-8-9-23-27(21)16-20-7-4-14-29-20/h2-9,14H,10-13,15-17H2,1H3,(H,24,28). The zero-order valence-corrected chi connectivity index (χ0v) is 17.6. The predicted octanol–water partition coefficient (Wildman–Crippen LogP) is 3.06. The maximum Gasteiger partial charge on any atom is 0.239 e. The normalized spacial score (nSPS) is 15.5. The third-order valence-electron chi connectivity index (χ3n) is 5.36. The number of hydrogen-bond donors (Lipinski definition) is 1. The Morgan fingerprint density at radius 1 is 1.03 bits per heavy atom.